The van der Waals surface area contributed by atoms with Crippen molar-refractivity contribution < 1.29 is 19.8 Å². The first kappa shape index (κ1) is 9.91. The summed E-state index contributed by atoms with van der Waals surface area (Å²) in [5.41, 5.74) is 1.63. The van der Waals surface area contributed by atoms with Crippen LogP contribution < -0.4 is 0 Å². The van der Waals surface area contributed by atoms with Gasteiger partial charge in [0, 0.05) is 11.8 Å². The summed E-state index contributed by atoms with van der Waals surface area (Å²) in [6, 6.07) is 7.39. The van der Waals surface area contributed by atoms with Crippen LogP contribution in [0.4, 0.5) is 4.79 Å². The van der Waals surface area contributed by atoms with Gasteiger partial charge in [0.05, 0.1) is 5.56 Å². The van der Waals surface area contributed by atoms with Crippen LogP contribution in [0.1, 0.15) is 15.9 Å². The van der Waals surface area contributed by atoms with Gasteiger partial charge in [-0.05, 0) is 6.07 Å². The van der Waals surface area contributed by atoms with E-state index in [1.807, 2.05) is 18.2 Å². The molecule has 0 fully saturated rings. The maximum atomic E-state index is 10.9. The zero-order valence-corrected chi connectivity index (χ0v) is 7.04. The Kier molecular flexibility index (Phi) is 2.96. The molecule has 2 rings (SSSR count). The molecule has 1 aliphatic heterocycles. The van der Waals surface area contributed by atoms with Gasteiger partial charge in [0.15, 0.2) is 0 Å². The molecule has 1 amide bonds. The van der Waals surface area contributed by atoms with E-state index in [9.17, 15) is 4.79 Å². The number of aliphatic imine (C=N–C) groups is 1. The van der Waals surface area contributed by atoms with E-state index in [0.29, 0.717) is 5.56 Å². The maximum Gasteiger partial charge on any atom is 0.503 e. The van der Waals surface area contributed by atoms with Crippen LogP contribution in [-0.4, -0.2) is 28.5 Å². The number of amides is 1. The Hall–Kier alpha value is -2.17. The second-order valence-electron chi connectivity index (χ2n) is 2.43. The van der Waals surface area contributed by atoms with E-state index in [1.54, 1.807) is 12.3 Å². The standard InChI is InChI=1S/C8H5NO.CH2O3/c10-8-7-4-2-1-3-6(7)5-9-8;2-1(3)4/h1-5H;(H2,2,3,4). The van der Waals surface area contributed by atoms with E-state index in [2.05, 4.69) is 4.99 Å². The molecule has 0 aromatic heterocycles. The first-order chi connectivity index (χ1) is 6.61. The molecule has 0 atom stereocenters. The Morgan fingerprint density at radius 1 is 1.21 bits per heavy atom. The first-order valence-corrected chi connectivity index (χ1v) is 3.70. The van der Waals surface area contributed by atoms with Crippen LogP contribution in [0.25, 0.3) is 0 Å². The second-order valence-corrected chi connectivity index (χ2v) is 2.43. The summed E-state index contributed by atoms with van der Waals surface area (Å²) < 4.78 is 0. The molecule has 0 saturated heterocycles. The molecule has 0 unspecified atom stereocenters. The average Bonchev–Trinajstić information content (AvgIpc) is 2.48. The normalized spacial score (nSPS) is 11.6. The molecule has 14 heavy (non-hydrogen) atoms. The third-order valence-corrected chi connectivity index (χ3v) is 1.51. The summed E-state index contributed by atoms with van der Waals surface area (Å²) in [6.45, 7) is 0. The van der Waals surface area contributed by atoms with Gasteiger partial charge in [-0.3, -0.25) is 4.79 Å². The lowest BCUT2D eigenvalue weighted by atomic mass is 10.1. The van der Waals surface area contributed by atoms with E-state index in [1.165, 1.54) is 0 Å². The molecule has 2 N–H and O–H groups in total. The Labute approximate surface area is 79.3 Å². The molecule has 0 saturated carbocycles. The van der Waals surface area contributed by atoms with Gasteiger partial charge in [-0.15, -0.1) is 0 Å². The SMILES string of the molecule is O=C(O)O.O=C1N=Cc2ccccc21. The minimum Gasteiger partial charge on any atom is -0.450 e. The van der Waals surface area contributed by atoms with Gasteiger partial charge in [0.1, 0.15) is 0 Å². The highest BCUT2D eigenvalue weighted by molar-refractivity contribution is 6.12. The lowest BCUT2D eigenvalue weighted by Crippen LogP contribution is -1.89. The van der Waals surface area contributed by atoms with Gasteiger partial charge < -0.3 is 10.2 Å². The molecular formula is C9H7NO4. The summed E-state index contributed by atoms with van der Waals surface area (Å²) in [5, 5.41) is 13.9. The lowest BCUT2D eigenvalue weighted by Gasteiger charge is -1.89. The quantitative estimate of drug-likeness (QED) is 0.653. The van der Waals surface area contributed by atoms with Crippen molar-refractivity contribution in [2.45, 2.75) is 0 Å². The molecule has 0 aliphatic carbocycles. The molecular weight excluding hydrogens is 186 g/mol. The fourth-order valence-corrected chi connectivity index (χ4v) is 1.00. The maximum absolute atomic E-state index is 10.9. The average molecular weight is 193 g/mol. The van der Waals surface area contributed by atoms with E-state index in [4.69, 9.17) is 15.0 Å². The van der Waals surface area contributed by atoms with E-state index >= 15 is 0 Å². The van der Waals surface area contributed by atoms with Crippen LogP contribution in [-0.2, 0) is 0 Å². The number of benzene rings is 1. The zero-order chi connectivity index (χ0) is 10.6. The lowest BCUT2D eigenvalue weighted by molar-refractivity contribution is 0.101. The molecule has 5 nitrogen and oxygen atoms in total. The Morgan fingerprint density at radius 2 is 1.79 bits per heavy atom. The van der Waals surface area contributed by atoms with Gasteiger partial charge in [-0.2, -0.15) is 0 Å². The first-order valence-electron chi connectivity index (χ1n) is 3.70. The van der Waals surface area contributed by atoms with Crippen LogP contribution in [0.5, 0.6) is 0 Å². The Morgan fingerprint density at radius 3 is 2.36 bits per heavy atom. The van der Waals surface area contributed by atoms with Crippen molar-refractivity contribution in [1.29, 1.82) is 0 Å². The third kappa shape index (κ3) is 2.41. The van der Waals surface area contributed by atoms with E-state index in [0.717, 1.165) is 5.56 Å². The molecule has 1 aromatic rings. The molecule has 1 aliphatic rings. The molecule has 0 spiro atoms. The van der Waals surface area contributed by atoms with Crippen LogP contribution >= 0.6 is 0 Å². The number of carboxylic acid groups (broad SMARTS) is 2. The van der Waals surface area contributed by atoms with Gasteiger partial charge in [0.2, 0.25) is 0 Å². The molecule has 1 heterocycles. The molecule has 72 valence electrons. The fourth-order valence-electron chi connectivity index (χ4n) is 1.00. The smallest absolute Gasteiger partial charge is 0.450 e. The van der Waals surface area contributed by atoms with Crippen LogP contribution in [0.2, 0.25) is 0 Å². The van der Waals surface area contributed by atoms with Crippen molar-refractivity contribution in [2.24, 2.45) is 4.99 Å². The van der Waals surface area contributed by atoms with Crippen molar-refractivity contribution in [3.05, 3.63) is 35.4 Å². The summed E-state index contributed by atoms with van der Waals surface area (Å²) in [7, 11) is 0. The number of fused-ring (bicyclic) bond motifs is 1. The number of carbonyl (C=O) groups is 2. The summed E-state index contributed by atoms with van der Waals surface area (Å²) in [6.07, 6.45) is -0.238. The number of carbonyl (C=O) groups excluding carboxylic acids is 1. The van der Waals surface area contributed by atoms with Gasteiger partial charge >= 0.3 is 6.16 Å². The topological polar surface area (TPSA) is 87.0 Å². The second kappa shape index (κ2) is 4.18. The van der Waals surface area contributed by atoms with Gasteiger partial charge in [-0.1, -0.05) is 18.2 Å². The largest absolute Gasteiger partial charge is 0.503 e. The fraction of sp³-hybridized carbons (Fsp3) is 0. The minimum absolute atomic E-state index is 0.129. The van der Waals surface area contributed by atoms with Crippen molar-refractivity contribution in [2.75, 3.05) is 0 Å². The molecule has 0 bridgehead atoms. The van der Waals surface area contributed by atoms with Crippen molar-refractivity contribution in [3.8, 4) is 0 Å². The number of rotatable bonds is 0. The summed E-state index contributed by atoms with van der Waals surface area (Å²) >= 11 is 0. The number of hydrogen-bond donors (Lipinski definition) is 2. The van der Waals surface area contributed by atoms with Crippen LogP contribution in [0.3, 0.4) is 0 Å². The van der Waals surface area contributed by atoms with E-state index < -0.39 is 6.16 Å². The van der Waals surface area contributed by atoms with Crippen LogP contribution in [0.15, 0.2) is 29.3 Å². The van der Waals surface area contributed by atoms with Crippen LogP contribution in [0, 0.1) is 0 Å². The predicted molar refractivity (Wildman–Crippen MR) is 49.0 cm³/mol. The van der Waals surface area contributed by atoms with Gasteiger partial charge in [0.25, 0.3) is 5.91 Å². The molecule has 1 aromatic carbocycles. The molecule has 0 radical (unpaired) electrons. The zero-order valence-electron chi connectivity index (χ0n) is 7.04. The van der Waals surface area contributed by atoms with Crippen molar-refractivity contribution in [3.63, 3.8) is 0 Å². The highest BCUT2D eigenvalue weighted by atomic mass is 16.6. The minimum atomic E-state index is -1.83. The third-order valence-electron chi connectivity index (χ3n) is 1.51. The highest BCUT2D eigenvalue weighted by Crippen LogP contribution is 2.12. The number of hydrogen-bond acceptors (Lipinski definition) is 2. The van der Waals surface area contributed by atoms with Crippen molar-refractivity contribution in [1.82, 2.24) is 0 Å². The number of nitrogens with zero attached hydrogens (tertiary/aromatic N) is 1. The predicted octanol–water partition coefficient (Wildman–Crippen LogP) is 1.48. The summed E-state index contributed by atoms with van der Waals surface area (Å²) in [4.78, 5) is 23.1. The van der Waals surface area contributed by atoms with Crippen molar-refractivity contribution >= 4 is 18.3 Å². The monoisotopic (exact) mass is 193 g/mol. The van der Waals surface area contributed by atoms with Gasteiger partial charge in [-0.25, -0.2) is 9.79 Å². The highest BCUT2D eigenvalue weighted by Gasteiger charge is 2.12. The Balaban J connectivity index is 0.000000213. The Bertz CT molecular complexity index is 394. The van der Waals surface area contributed by atoms with E-state index in [-0.39, 0.29) is 5.91 Å². The summed E-state index contributed by atoms with van der Waals surface area (Å²) in [5.74, 6) is -0.129. The molecule has 5 heteroatoms.